The van der Waals surface area contributed by atoms with Crippen LogP contribution in [-0.2, 0) is 26.5 Å². The number of esters is 1. The molecule has 2 N–H and O–H groups in total. The average molecular weight is 712 g/mol. The van der Waals surface area contributed by atoms with E-state index >= 15 is 0 Å². The fourth-order valence-corrected chi connectivity index (χ4v) is 5.98. The summed E-state index contributed by atoms with van der Waals surface area (Å²) in [6.07, 6.45) is 5.20. The highest BCUT2D eigenvalue weighted by Crippen LogP contribution is 2.60. The molecule has 1 heterocycles. The van der Waals surface area contributed by atoms with Gasteiger partial charge in [0.15, 0.2) is 22.6 Å². The summed E-state index contributed by atoms with van der Waals surface area (Å²) in [6, 6.07) is 2.19. The van der Waals surface area contributed by atoms with E-state index in [1.807, 2.05) is 19.9 Å². The zero-order valence-corrected chi connectivity index (χ0v) is 27.7. The smallest absolute Gasteiger partial charge is 0.444 e. The number of carbonyl (C=O) groups excluding carboxylic acids is 1. The normalized spacial score (nSPS) is 18.7. The number of alkyl halides is 6. The summed E-state index contributed by atoms with van der Waals surface area (Å²) in [5, 5.41) is 11.1. The standard InChI is InChI=1S/C18H26O2.C12H4Cl2F6N4OS/c1-8-10-13(5)15(9-2)20-17(19)16-14(11-12(3)4)18(16,6)7;13-5-1-4(11(15,16)17)2-6(14)8(5)24-10(22)9(7(3-21)23-24)26(25)12(18,19)20/h2,10-11,14-16H,8H2,1,3-7H3;1-2H,22H2/b13-10+;/t14?,15?,16-;/m0./s1. The molecule has 4 atom stereocenters. The molecule has 1 aliphatic rings. The van der Waals surface area contributed by atoms with E-state index in [0.717, 1.165) is 12.0 Å². The maximum Gasteiger partial charge on any atom is 0.476 e. The van der Waals surface area contributed by atoms with Crippen molar-refractivity contribution in [2.24, 2.45) is 17.3 Å². The number of allylic oxidation sites excluding steroid dienone is 3. The first kappa shape index (κ1) is 38.7. The van der Waals surface area contributed by atoms with Crippen molar-refractivity contribution < 1.29 is 40.1 Å². The van der Waals surface area contributed by atoms with Gasteiger partial charge in [-0.05, 0) is 56.2 Å². The number of aromatic nitrogens is 2. The predicted octanol–water partition coefficient (Wildman–Crippen LogP) is 8.41. The van der Waals surface area contributed by atoms with Crippen molar-refractivity contribution in [3.63, 3.8) is 0 Å². The van der Waals surface area contributed by atoms with Crippen molar-refractivity contribution in [1.82, 2.24) is 9.78 Å². The molecule has 0 saturated heterocycles. The third-order valence-electron chi connectivity index (χ3n) is 6.94. The molecule has 0 spiro atoms. The first-order valence-corrected chi connectivity index (χ1v) is 15.3. The first-order chi connectivity index (χ1) is 21.0. The summed E-state index contributed by atoms with van der Waals surface area (Å²) >= 11 is 11.5. The molecule has 7 nitrogen and oxygen atoms in total. The molecular weight excluding hydrogens is 681 g/mol. The molecule has 2 aromatic rings. The molecule has 3 unspecified atom stereocenters. The minimum Gasteiger partial charge on any atom is -0.444 e. The van der Waals surface area contributed by atoms with Crippen LogP contribution in [0, 0.1) is 40.9 Å². The van der Waals surface area contributed by atoms with E-state index in [0.29, 0.717) is 16.8 Å². The molecule has 3 rings (SSSR count). The third kappa shape index (κ3) is 8.66. The Kier molecular flexibility index (Phi) is 12.2. The molecule has 46 heavy (non-hydrogen) atoms. The topological polar surface area (TPSA) is 111 Å². The van der Waals surface area contributed by atoms with Crippen LogP contribution in [-0.4, -0.2) is 31.6 Å². The van der Waals surface area contributed by atoms with Crippen LogP contribution in [0.4, 0.5) is 32.2 Å². The highest BCUT2D eigenvalue weighted by Gasteiger charge is 2.61. The molecule has 1 fully saturated rings. The van der Waals surface area contributed by atoms with Gasteiger partial charge in [0.1, 0.15) is 22.5 Å². The van der Waals surface area contributed by atoms with E-state index in [1.54, 1.807) is 0 Å². The molecule has 0 amide bonds. The lowest BCUT2D eigenvalue weighted by molar-refractivity contribution is -0.147. The average Bonchev–Trinajstić information content (AvgIpc) is 3.29. The number of carbonyl (C=O) groups is 1. The van der Waals surface area contributed by atoms with Gasteiger partial charge >= 0.3 is 17.7 Å². The number of nitrogen functional groups attached to an aromatic ring is 1. The van der Waals surface area contributed by atoms with E-state index in [9.17, 15) is 35.3 Å². The largest absolute Gasteiger partial charge is 0.476 e. The number of nitriles is 1. The van der Waals surface area contributed by atoms with Gasteiger partial charge in [0.05, 0.1) is 21.5 Å². The predicted molar refractivity (Wildman–Crippen MR) is 163 cm³/mol. The quantitative estimate of drug-likeness (QED) is 0.134. The minimum atomic E-state index is -5.25. The number of terminal acetylenes is 1. The van der Waals surface area contributed by atoms with Gasteiger partial charge in [-0.2, -0.15) is 36.7 Å². The molecular formula is C30H30Cl2F6N4O3S. The number of ether oxygens (including phenoxy) is 1. The van der Waals surface area contributed by atoms with Crippen molar-refractivity contribution in [1.29, 1.82) is 5.26 Å². The second-order valence-corrected chi connectivity index (χ2v) is 13.2. The Hall–Kier alpha value is -3.46. The molecule has 0 radical (unpaired) electrons. The SMILES string of the molecule is C#CC(OC(=O)[C@@H]1C(C=C(C)C)C1(C)C)/C(C)=C/CC.N#Cc1nn(-c2c(Cl)cc(C(F)(F)F)cc2Cl)c(N)c1S(=O)C(F)(F)F. The monoisotopic (exact) mass is 710 g/mol. The second kappa shape index (κ2) is 14.5. The summed E-state index contributed by atoms with van der Waals surface area (Å²) in [6.45, 7) is 12.2. The summed E-state index contributed by atoms with van der Waals surface area (Å²) in [4.78, 5) is 11.2. The highest BCUT2D eigenvalue weighted by atomic mass is 35.5. The van der Waals surface area contributed by atoms with Gasteiger partial charge in [-0.1, -0.05) is 67.6 Å². The van der Waals surface area contributed by atoms with Crippen molar-refractivity contribution in [2.75, 3.05) is 5.73 Å². The van der Waals surface area contributed by atoms with Gasteiger partial charge in [-0.3, -0.25) is 4.79 Å². The highest BCUT2D eigenvalue weighted by molar-refractivity contribution is 7.86. The van der Waals surface area contributed by atoms with Crippen LogP contribution in [0.2, 0.25) is 10.0 Å². The zero-order valence-electron chi connectivity index (χ0n) is 25.4. The number of nitrogens with two attached hydrogens (primary N) is 1. The summed E-state index contributed by atoms with van der Waals surface area (Å²) in [5.74, 6) is 1.66. The number of nitrogens with zero attached hydrogens (tertiary/aromatic N) is 3. The van der Waals surface area contributed by atoms with Gasteiger partial charge in [-0.15, -0.1) is 6.42 Å². The van der Waals surface area contributed by atoms with Crippen molar-refractivity contribution in [2.45, 2.75) is 70.6 Å². The van der Waals surface area contributed by atoms with Crippen molar-refractivity contribution in [3.05, 3.63) is 56.7 Å². The van der Waals surface area contributed by atoms with Crippen LogP contribution in [0.3, 0.4) is 0 Å². The first-order valence-electron chi connectivity index (χ1n) is 13.4. The maximum atomic E-state index is 12.7. The van der Waals surface area contributed by atoms with E-state index < -0.39 is 66.3 Å². The number of anilines is 1. The third-order valence-corrected chi connectivity index (χ3v) is 8.71. The lowest BCUT2D eigenvalue weighted by Crippen LogP contribution is -2.20. The Morgan fingerprint density at radius 2 is 1.76 bits per heavy atom. The van der Waals surface area contributed by atoms with Crippen LogP contribution >= 0.6 is 23.2 Å². The summed E-state index contributed by atoms with van der Waals surface area (Å²) in [7, 11) is -3.71. The van der Waals surface area contributed by atoms with E-state index in [2.05, 4.69) is 44.8 Å². The number of hydrogen-bond donors (Lipinski definition) is 1. The molecule has 1 aromatic heterocycles. The van der Waals surface area contributed by atoms with E-state index in [1.165, 1.54) is 11.6 Å². The van der Waals surface area contributed by atoms with Crippen LogP contribution in [0.15, 0.2) is 40.3 Å². The Labute approximate surface area is 274 Å². The lowest BCUT2D eigenvalue weighted by Gasteiger charge is -2.13. The van der Waals surface area contributed by atoms with Gasteiger partial charge in [0.2, 0.25) is 0 Å². The van der Waals surface area contributed by atoms with Crippen molar-refractivity contribution in [3.8, 4) is 24.1 Å². The van der Waals surface area contributed by atoms with Crippen LogP contribution in [0.25, 0.3) is 5.69 Å². The number of hydrogen-bond acceptors (Lipinski definition) is 6. The van der Waals surface area contributed by atoms with Crippen molar-refractivity contribution >= 4 is 45.8 Å². The summed E-state index contributed by atoms with van der Waals surface area (Å²) in [5.41, 5.74) is -0.291. The molecule has 16 heteroatoms. The number of halogens is 8. The van der Waals surface area contributed by atoms with Crippen LogP contribution < -0.4 is 5.73 Å². The Morgan fingerprint density at radius 3 is 2.17 bits per heavy atom. The Balaban J connectivity index is 0.000000332. The van der Waals surface area contributed by atoms with Crippen LogP contribution in [0.1, 0.15) is 59.2 Å². The van der Waals surface area contributed by atoms with Gasteiger partial charge in [0.25, 0.3) is 0 Å². The molecule has 0 bridgehead atoms. The zero-order chi connectivity index (χ0) is 35.5. The minimum absolute atomic E-state index is 0.0319. The van der Waals surface area contributed by atoms with Gasteiger partial charge in [0, 0.05) is 0 Å². The van der Waals surface area contributed by atoms with Crippen LogP contribution in [0.5, 0.6) is 0 Å². The molecule has 250 valence electrons. The lowest BCUT2D eigenvalue weighted by atomic mass is 10.1. The van der Waals surface area contributed by atoms with Gasteiger partial charge in [-0.25, -0.2) is 8.89 Å². The molecule has 1 aromatic carbocycles. The number of rotatable bonds is 7. The van der Waals surface area contributed by atoms with E-state index in [-0.39, 0.29) is 23.2 Å². The van der Waals surface area contributed by atoms with E-state index in [4.69, 9.17) is 45.4 Å². The fourth-order valence-electron chi connectivity index (χ4n) is 4.57. The number of benzene rings is 1. The Morgan fingerprint density at radius 1 is 1.22 bits per heavy atom. The fraction of sp³-hybridized carbons (Fsp3) is 0.433. The molecule has 1 aliphatic carbocycles. The summed E-state index contributed by atoms with van der Waals surface area (Å²) < 4.78 is 93.9. The maximum absolute atomic E-state index is 12.7. The molecule has 0 aliphatic heterocycles. The Bertz CT molecular complexity index is 1640. The second-order valence-electron chi connectivity index (χ2n) is 11.0. The van der Waals surface area contributed by atoms with Gasteiger partial charge < -0.3 is 10.5 Å². The molecule has 1 saturated carbocycles.